The summed E-state index contributed by atoms with van der Waals surface area (Å²) in [5, 5.41) is 1.88. The van der Waals surface area contributed by atoms with Crippen molar-refractivity contribution < 1.29 is 32.2 Å². The second-order valence-electron chi connectivity index (χ2n) is 8.23. The van der Waals surface area contributed by atoms with Crippen molar-refractivity contribution in [1.29, 1.82) is 0 Å². The number of hydrogen-bond acceptors (Lipinski definition) is 5. The van der Waals surface area contributed by atoms with Gasteiger partial charge in [-0.2, -0.15) is 13.2 Å². The van der Waals surface area contributed by atoms with Crippen LogP contribution in [0.3, 0.4) is 0 Å². The van der Waals surface area contributed by atoms with Gasteiger partial charge in [-0.1, -0.05) is 54.6 Å². The lowest BCUT2D eigenvalue weighted by Gasteiger charge is -2.29. The van der Waals surface area contributed by atoms with Crippen LogP contribution in [0.4, 0.5) is 13.2 Å². The molecule has 1 heterocycles. The molecule has 1 N–H and O–H groups in total. The first-order valence-electron chi connectivity index (χ1n) is 11.3. The van der Waals surface area contributed by atoms with E-state index in [0.717, 1.165) is 4.90 Å². The summed E-state index contributed by atoms with van der Waals surface area (Å²) in [6.45, 7) is -0.124. The van der Waals surface area contributed by atoms with Gasteiger partial charge >= 0.3 is 11.8 Å². The van der Waals surface area contributed by atoms with Gasteiger partial charge in [0.15, 0.2) is 11.5 Å². The number of ether oxygens (including phenoxy) is 2. The molecule has 7 nitrogen and oxygen atoms in total. The van der Waals surface area contributed by atoms with Crippen molar-refractivity contribution in [2.24, 2.45) is 4.99 Å². The summed E-state index contributed by atoms with van der Waals surface area (Å²) in [6.07, 6.45) is -5.01. The summed E-state index contributed by atoms with van der Waals surface area (Å²) in [7, 11) is 2.96. The number of alkyl halides is 3. The minimum absolute atomic E-state index is 0.0286. The number of carbonyl (C=O) groups is 2. The molecular weight excluding hydrogens is 487 g/mol. The van der Waals surface area contributed by atoms with E-state index in [9.17, 15) is 22.8 Å². The van der Waals surface area contributed by atoms with Gasteiger partial charge in [-0.3, -0.25) is 14.5 Å². The van der Waals surface area contributed by atoms with E-state index in [2.05, 4.69) is 4.99 Å². The van der Waals surface area contributed by atoms with E-state index in [-0.39, 0.29) is 24.4 Å². The fourth-order valence-corrected chi connectivity index (χ4v) is 4.01. The third-order valence-corrected chi connectivity index (χ3v) is 5.93. The van der Waals surface area contributed by atoms with Crippen molar-refractivity contribution in [2.45, 2.75) is 18.3 Å². The third-order valence-electron chi connectivity index (χ3n) is 5.93. The van der Waals surface area contributed by atoms with Crippen molar-refractivity contribution in [3.8, 4) is 11.5 Å². The van der Waals surface area contributed by atoms with Crippen LogP contribution in [0, 0.1) is 0 Å². The van der Waals surface area contributed by atoms with Gasteiger partial charge in [-0.15, -0.1) is 0 Å². The topological polar surface area (TPSA) is 80.2 Å². The number of benzene rings is 3. The van der Waals surface area contributed by atoms with E-state index in [0.29, 0.717) is 22.6 Å². The van der Waals surface area contributed by atoms with Gasteiger partial charge in [0.05, 0.1) is 14.2 Å². The molecule has 0 saturated heterocycles. The molecular formula is C27H24F3N3O4. The van der Waals surface area contributed by atoms with Crippen molar-refractivity contribution in [2.75, 3.05) is 20.8 Å². The third kappa shape index (κ3) is 5.00. The summed E-state index contributed by atoms with van der Waals surface area (Å²) < 4.78 is 54.2. The zero-order chi connectivity index (χ0) is 26.6. The molecule has 0 aromatic heterocycles. The lowest BCUT2D eigenvalue weighted by Crippen LogP contribution is -2.63. The Morgan fingerprint density at radius 1 is 0.946 bits per heavy atom. The summed E-state index contributed by atoms with van der Waals surface area (Å²) in [4.78, 5) is 31.1. The minimum Gasteiger partial charge on any atom is -0.493 e. The largest absolute Gasteiger partial charge is 0.493 e. The SMILES string of the molecule is COc1ccc(CCN2C(=O)[C@](NC(=O)c3ccccc3)(C(F)(F)F)N=C2c2ccccc2)cc1OC. The molecule has 192 valence electrons. The van der Waals surface area contributed by atoms with Gasteiger partial charge in [0.25, 0.3) is 11.8 Å². The fraction of sp³-hybridized carbons (Fsp3) is 0.222. The molecule has 3 aromatic rings. The molecule has 0 bridgehead atoms. The molecule has 0 fully saturated rings. The van der Waals surface area contributed by atoms with E-state index >= 15 is 0 Å². The normalized spacial score (nSPS) is 17.4. The van der Waals surface area contributed by atoms with Crippen LogP contribution in [-0.4, -0.2) is 55.2 Å². The predicted octanol–water partition coefficient (Wildman–Crippen LogP) is 4.22. The zero-order valence-electron chi connectivity index (χ0n) is 20.1. The number of amidine groups is 1. The zero-order valence-corrected chi connectivity index (χ0v) is 20.1. The van der Waals surface area contributed by atoms with Crippen LogP contribution in [0.1, 0.15) is 21.5 Å². The number of rotatable bonds is 8. The number of methoxy groups -OCH3 is 2. The van der Waals surface area contributed by atoms with E-state index in [1.807, 2.05) is 5.32 Å². The monoisotopic (exact) mass is 511 g/mol. The van der Waals surface area contributed by atoms with Crippen LogP contribution in [0.5, 0.6) is 11.5 Å². The number of hydrogen-bond donors (Lipinski definition) is 1. The fourth-order valence-electron chi connectivity index (χ4n) is 4.01. The Bertz CT molecular complexity index is 1310. The molecule has 1 aliphatic heterocycles. The van der Waals surface area contributed by atoms with E-state index in [1.54, 1.807) is 54.6 Å². The minimum atomic E-state index is -5.20. The number of nitrogens with zero attached hydrogens (tertiary/aromatic N) is 2. The highest BCUT2D eigenvalue weighted by Crippen LogP contribution is 2.39. The lowest BCUT2D eigenvalue weighted by atomic mass is 10.1. The van der Waals surface area contributed by atoms with Gasteiger partial charge in [0, 0.05) is 17.7 Å². The maximum absolute atomic E-state index is 14.6. The first kappa shape index (κ1) is 25.7. The van der Waals surface area contributed by atoms with Crippen molar-refractivity contribution in [3.05, 3.63) is 95.6 Å². The average molecular weight is 512 g/mol. The van der Waals surface area contributed by atoms with Crippen LogP contribution in [0.25, 0.3) is 0 Å². The highest BCUT2D eigenvalue weighted by Gasteiger charge is 2.67. The molecule has 4 rings (SSSR count). The number of carbonyl (C=O) groups excluding carboxylic acids is 2. The van der Waals surface area contributed by atoms with Crippen LogP contribution >= 0.6 is 0 Å². The molecule has 0 spiro atoms. The Morgan fingerprint density at radius 2 is 1.57 bits per heavy atom. The molecule has 1 atom stereocenters. The quantitative estimate of drug-likeness (QED) is 0.491. The maximum Gasteiger partial charge on any atom is 0.442 e. The second-order valence-corrected chi connectivity index (χ2v) is 8.23. The van der Waals surface area contributed by atoms with Gasteiger partial charge in [0.1, 0.15) is 5.84 Å². The summed E-state index contributed by atoms with van der Waals surface area (Å²) >= 11 is 0. The molecule has 0 saturated carbocycles. The Kier molecular flexibility index (Phi) is 7.19. The standard InChI is InChI=1S/C27H24F3N3O4/c1-36-21-14-13-18(17-22(21)37-2)15-16-33-23(19-9-5-3-6-10-19)31-26(25(33)35,27(28,29)30)32-24(34)20-11-7-4-8-12-20/h3-14,17H,15-16H2,1-2H3,(H,32,34)/t26-/m0/s1. The molecule has 37 heavy (non-hydrogen) atoms. The average Bonchev–Trinajstić information content (AvgIpc) is 3.20. The van der Waals surface area contributed by atoms with Crippen LogP contribution in [-0.2, 0) is 11.2 Å². The molecule has 2 amide bonds. The highest BCUT2D eigenvalue weighted by molar-refractivity contribution is 6.16. The molecule has 0 aliphatic carbocycles. The van der Waals surface area contributed by atoms with Crippen LogP contribution in [0.2, 0.25) is 0 Å². The predicted molar refractivity (Wildman–Crippen MR) is 131 cm³/mol. The van der Waals surface area contributed by atoms with Crippen molar-refractivity contribution in [1.82, 2.24) is 10.2 Å². The Labute approximate surface area is 211 Å². The first-order valence-corrected chi connectivity index (χ1v) is 11.3. The second kappa shape index (κ2) is 10.3. The Morgan fingerprint density at radius 3 is 2.16 bits per heavy atom. The molecule has 0 radical (unpaired) electrons. The van der Waals surface area contributed by atoms with Crippen molar-refractivity contribution >= 4 is 17.6 Å². The smallest absolute Gasteiger partial charge is 0.442 e. The summed E-state index contributed by atoms with van der Waals surface area (Å²) in [6, 6.07) is 20.5. The van der Waals surface area contributed by atoms with E-state index < -0.39 is 23.7 Å². The van der Waals surface area contributed by atoms with Crippen LogP contribution in [0.15, 0.2) is 83.9 Å². The molecule has 0 unspecified atom stereocenters. The highest BCUT2D eigenvalue weighted by atomic mass is 19.4. The number of nitrogens with one attached hydrogen (secondary N) is 1. The van der Waals surface area contributed by atoms with Crippen LogP contribution < -0.4 is 14.8 Å². The first-order chi connectivity index (χ1) is 17.7. The lowest BCUT2D eigenvalue weighted by molar-refractivity contribution is -0.196. The summed E-state index contributed by atoms with van der Waals surface area (Å²) in [5.41, 5.74) is -2.49. The van der Waals surface area contributed by atoms with Gasteiger partial charge in [0.2, 0.25) is 0 Å². The number of halogens is 3. The molecule has 10 heteroatoms. The van der Waals surface area contributed by atoms with E-state index in [4.69, 9.17) is 9.47 Å². The van der Waals surface area contributed by atoms with E-state index in [1.165, 1.54) is 38.5 Å². The van der Waals surface area contributed by atoms with Crippen molar-refractivity contribution in [3.63, 3.8) is 0 Å². The maximum atomic E-state index is 14.6. The number of amides is 2. The van der Waals surface area contributed by atoms with Gasteiger partial charge in [-0.25, -0.2) is 4.99 Å². The molecule has 1 aliphatic rings. The molecule has 3 aromatic carbocycles. The Balaban J connectivity index is 1.72. The summed E-state index contributed by atoms with van der Waals surface area (Å²) in [5.74, 6) is -1.69. The van der Waals surface area contributed by atoms with Gasteiger partial charge in [-0.05, 0) is 36.2 Å². The number of aliphatic imine (C=N–C) groups is 1. The van der Waals surface area contributed by atoms with Gasteiger partial charge < -0.3 is 14.8 Å². The Hall–Kier alpha value is -4.34.